The van der Waals surface area contributed by atoms with Crippen LogP contribution in [0, 0.1) is 5.41 Å². The van der Waals surface area contributed by atoms with Crippen LogP contribution in [0.3, 0.4) is 0 Å². The van der Waals surface area contributed by atoms with Gasteiger partial charge in [0.05, 0.1) is 4.90 Å². The second kappa shape index (κ2) is 5.16. The Morgan fingerprint density at radius 3 is 2.12 bits per heavy atom. The van der Waals surface area contributed by atoms with Crippen LogP contribution in [0.1, 0.15) is 32.8 Å². The van der Waals surface area contributed by atoms with Gasteiger partial charge in [-0.05, 0) is 36.0 Å². The van der Waals surface area contributed by atoms with Crippen LogP contribution in [-0.2, 0) is 20.8 Å². The topological polar surface area (TPSA) is 69.4 Å². The first-order valence-electron chi connectivity index (χ1n) is 5.47. The Hall–Kier alpha value is -0.910. The molecule has 1 aromatic carbocycles. The van der Waals surface area contributed by atoms with Crippen molar-refractivity contribution in [1.29, 1.82) is 0 Å². The molecule has 0 amide bonds. The third-order valence-electron chi connectivity index (χ3n) is 2.50. The van der Waals surface area contributed by atoms with E-state index in [0.717, 1.165) is 18.4 Å². The molecule has 0 bridgehead atoms. The van der Waals surface area contributed by atoms with Crippen molar-refractivity contribution < 1.29 is 12.7 Å². The summed E-state index contributed by atoms with van der Waals surface area (Å²) in [7, 11) is -3.78. The number of hydrogen-bond donors (Lipinski definition) is 1. The van der Waals surface area contributed by atoms with Crippen LogP contribution in [-0.4, -0.2) is 8.42 Å². The summed E-state index contributed by atoms with van der Waals surface area (Å²) >= 11 is 0. The predicted molar refractivity (Wildman–Crippen MR) is 66.7 cm³/mol. The zero-order chi connectivity index (χ0) is 13.1. The van der Waals surface area contributed by atoms with Crippen LogP contribution in [0.15, 0.2) is 29.2 Å². The predicted octanol–water partition coefficient (Wildman–Crippen LogP) is 2.24. The summed E-state index contributed by atoms with van der Waals surface area (Å²) in [5.74, 6) is 4.70. The van der Waals surface area contributed by atoms with E-state index in [1.54, 1.807) is 12.1 Å². The average Bonchev–Trinajstić information content (AvgIpc) is 2.26. The first kappa shape index (κ1) is 14.2. The second-order valence-corrected chi connectivity index (χ2v) is 6.83. The molecule has 1 rings (SSSR count). The SMILES string of the molecule is CC(C)(C)CCc1ccc(S(=O)(=O)ON)cc1. The summed E-state index contributed by atoms with van der Waals surface area (Å²) in [6, 6.07) is 6.61. The molecule has 2 N–H and O–H groups in total. The Labute approximate surface area is 103 Å². The molecular formula is C12H19NO3S. The van der Waals surface area contributed by atoms with Crippen LogP contribution in [0.25, 0.3) is 0 Å². The van der Waals surface area contributed by atoms with Crippen molar-refractivity contribution in [3.63, 3.8) is 0 Å². The molecule has 0 saturated carbocycles. The number of hydrogen-bond acceptors (Lipinski definition) is 4. The van der Waals surface area contributed by atoms with Crippen molar-refractivity contribution in [1.82, 2.24) is 0 Å². The molecule has 0 fully saturated rings. The van der Waals surface area contributed by atoms with Crippen molar-refractivity contribution >= 4 is 10.1 Å². The third-order valence-corrected chi connectivity index (χ3v) is 3.61. The number of aryl methyl sites for hydroxylation is 1. The van der Waals surface area contributed by atoms with E-state index in [1.165, 1.54) is 12.1 Å². The Kier molecular flexibility index (Phi) is 4.30. The summed E-state index contributed by atoms with van der Waals surface area (Å²) in [6.45, 7) is 6.52. The van der Waals surface area contributed by atoms with Crippen LogP contribution in [0.2, 0.25) is 0 Å². The van der Waals surface area contributed by atoms with Crippen molar-refractivity contribution in [2.24, 2.45) is 11.3 Å². The minimum Gasteiger partial charge on any atom is -0.197 e. The van der Waals surface area contributed by atoms with Gasteiger partial charge in [0.2, 0.25) is 0 Å². The third kappa shape index (κ3) is 4.46. The molecule has 0 aliphatic heterocycles. The summed E-state index contributed by atoms with van der Waals surface area (Å²) in [4.78, 5) is 0.0829. The molecule has 1 aromatic rings. The molecule has 0 saturated heterocycles. The molecule has 0 spiro atoms. The Bertz CT molecular complexity index is 458. The zero-order valence-corrected chi connectivity index (χ0v) is 11.3. The Morgan fingerprint density at radius 1 is 1.18 bits per heavy atom. The highest BCUT2D eigenvalue weighted by atomic mass is 32.2. The molecule has 96 valence electrons. The molecule has 0 unspecified atom stereocenters. The van der Waals surface area contributed by atoms with E-state index in [-0.39, 0.29) is 10.3 Å². The van der Waals surface area contributed by atoms with E-state index in [0.29, 0.717) is 0 Å². The van der Waals surface area contributed by atoms with Crippen LogP contribution in [0.4, 0.5) is 0 Å². The summed E-state index contributed by atoms with van der Waals surface area (Å²) < 4.78 is 26.5. The van der Waals surface area contributed by atoms with Crippen LogP contribution >= 0.6 is 0 Å². The van der Waals surface area contributed by atoms with Crippen LogP contribution in [0.5, 0.6) is 0 Å². The van der Waals surface area contributed by atoms with Gasteiger partial charge < -0.3 is 0 Å². The Morgan fingerprint density at radius 2 is 1.71 bits per heavy atom. The van der Waals surface area contributed by atoms with Gasteiger partial charge in [-0.3, -0.25) is 0 Å². The summed E-state index contributed by atoms with van der Waals surface area (Å²) in [5.41, 5.74) is 1.38. The van der Waals surface area contributed by atoms with E-state index in [2.05, 4.69) is 25.1 Å². The standard InChI is InChI=1S/C12H19NO3S/c1-12(2,3)9-8-10-4-6-11(7-5-10)17(14,15)16-13/h4-7H,8-9,13H2,1-3H3. The van der Waals surface area contributed by atoms with E-state index < -0.39 is 10.1 Å². The highest BCUT2D eigenvalue weighted by Crippen LogP contribution is 2.22. The van der Waals surface area contributed by atoms with Gasteiger partial charge in [-0.25, -0.2) is 0 Å². The molecule has 0 aromatic heterocycles. The molecule has 4 nitrogen and oxygen atoms in total. The van der Waals surface area contributed by atoms with Gasteiger partial charge in [-0.15, -0.1) is 0 Å². The molecule has 0 aliphatic rings. The first-order chi connectivity index (χ1) is 7.74. The maximum atomic E-state index is 11.3. The lowest BCUT2D eigenvalue weighted by molar-refractivity contribution is 0.333. The minimum absolute atomic E-state index is 0.0829. The van der Waals surface area contributed by atoms with Gasteiger partial charge in [0, 0.05) is 0 Å². The average molecular weight is 257 g/mol. The second-order valence-electron chi connectivity index (χ2n) is 5.25. The fourth-order valence-corrected chi connectivity index (χ4v) is 1.98. The van der Waals surface area contributed by atoms with E-state index >= 15 is 0 Å². The fraction of sp³-hybridized carbons (Fsp3) is 0.500. The monoisotopic (exact) mass is 257 g/mol. The van der Waals surface area contributed by atoms with Gasteiger partial charge in [0.25, 0.3) is 0 Å². The highest BCUT2D eigenvalue weighted by Gasteiger charge is 2.14. The number of nitrogens with two attached hydrogens (primary N) is 1. The number of rotatable bonds is 4. The zero-order valence-electron chi connectivity index (χ0n) is 10.4. The molecule has 0 aliphatic carbocycles. The van der Waals surface area contributed by atoms with Crippen molar-refractivity contribution in [3.8, 4) is 0 Å². The Balaban J connectivity index is 2.76. The molecule has 0 radical (unpaired) electrons. The molecule has 0 atom stereocenters. The van der Waals surface area contributed by atoms with Gasteiger partial charge in [0.15, 0.2) is 0 Å². The van der Waals surface area contributed by atoms with E-state index in [4.69, 9.17) is 5.90 Å². The smallest absolute Gasteiger partial charge is 0.197 e. The normalized spacial score (nSPS) is 12.7. The van der Waals surface area contributed by atoms with Gasteiger partial charge in [-0.1, -0.05) is 32.9 Å². The lowest BCUT2D eigenvalue weighted by atomic mass is 9.89. The van der Waals surface area contributed by atoms with Crippen molar-refractivity contribution in [2.75, 3.05) is 0 Å². The maximum Gasteiger partial charge on any atom is 0.312 e. The fourth-order valence-electron chi connectivity index (χ4n) is 1.40. The molecule has 17 heavy (non-hydrogen) atoms. The maximum absolute atomic E-state index is 11.3. The number of benzene rings is 1. The molecular weight excluding hydrogens is 238 g/mol. The van der Waals surface area contributed by atoms with Gasteiger partial charge >= 0.3 is 10.1 Å². The quantitative estimate of drug-likeness (QED) is 0.840. The summed E-state index contributed by atoms with van der Waals surface area (Å²) in [6.07, 6.45) is 1.97. The summed E-state index contributed by atoms with van der Waals surface area (Å²) in [5, 5.41) is 0. The highest BCUT2D eigenvalue weighted by molar-refractivity contribution is 7.86. The minimum atomic E-state index is -3.78. The van der Waals surface area contributed by atoms with Crippen molar-refractivity contribution in [2.45, 2.75) is 38.5 Å². The lowest BCUT2D eigenvalue weighted by Crippen LogP contribution is -2.11. The lowest BCUT2D eigenvalue weighted by Gasteiger charge is -2.17. The molecule has 5 heteroatoms. The van der Waals surface area contributed by atoms with Gasteiger partial charge in [0.1, 0.15) is 0 Å². The first-order valence-corrected chi connectivity index (χ1v) is 6.88. The molecule has 0 heterocycles. The van der Waals surface area contributed by atoms with Crippen molar-refractivity contribution in [3.05, 3.63) is 29.8 Å². The van der Waals surface area contributed by atoms with E-state index in [9.17, 15) is 8.42 Å². The van der Waals surface area contributed by atoms with Gasteiger partial charge in [-0.2, -0.15) is 18.6 Å². The largest absolute Gasteiger partial charge is 0.312 e. The van der Waals surface area contributed by atoms with Crippen LogP contribution < -0.4 is 5.90 Å². The van der Waals surface area contributed by atoms with E-state index in [1.807, 2.05) is 0 Å².